The minimum absolute atomic E-state index is 0.0875. The lowest BCUT2D eigenvalue weighted by atomic mass is 9.99. The number of nitrogens with two attached hydrogens (primary N) is 1. The van der Waals surface area contributed by atoms with Crippen molar-refractivity contribution in [1.29, 1.82) is 0 Å². The molecule has 2 amide bonds. The zero-order valence-corrected chi connectivity index (χ0v) is 21.8. The fourth-order valence-corrected chi connectivity index (χ4v) is 4.07. The minimum atomic E-state index is -1.03. The molecule has 1 aliphatic rings. The van der Waals surface area contributed by atoms with Crippen LogP contribution in [0.15, 0.2) is 72.8 Å². The number of carbonyl (C=O) groups is 2. The molecule has 0 aromatic heterocycles. The second kappa shape index (κ2) is 13.3. The van der Waals surface area contributed by atoms with Crippen molar-refractivity contribution in [3.63, 3.8) is 0 Å². The maximum absolute atomic E-state index is 14.3. The summed E-state index contributed by atoms with van der Waals surface area (Å²) >= 11 is 0. The summed E-state index contributed by atoms with van der Waals surface area (Å²) in [6.45, 7) is 2.15. The third-order valence-corrected chi connectivity index (χ3v) is 5.98. The van der Waals surface area contributed by atoms with Gasteiger partial charge in [-0.05, 0) is 67.8 Å². The highest BCUT2D eigenvalue weighted by Crippen LogP contribution is 2.35. The average Bonchev–Trinajstić information content (AvgIpc) is 3.40. The van der Waals surface area contributed by atoms with Crippen LogP contribution in [0.1, 0.15) is 31.4 Å². The van der Waals surface area contributed by atoms with E-state index >= 15 is 0 Å². The van der Waals surface area contributed by atoms with Gasteiger partial charge in [-0.25, -0.2) is 9.18 Å². The summed E-state index contributed by atoms with van der Waals surface area (Å²) < 4.78 is 36.5. The van der Waals surface area contributed by atoms with E-state index in [0.717, 1.165) is 6.07 Å². The van der Waals surface area contributed by atoms with Crippen molar-refractivity contribution in [3.8, 4) is 17.2 Å². The Hall–Kier alpha value is -4.77. The first-order valence-corrected chi connectivity index (χ1v) is 12.6. The predicted molar refractivity (Wildman–Crippen MR) is 147 cm³/mol. The molecule has 1 heterocycles. The van der Waals surface area contributed by atoms with Crippen LogP contribution in [0.4, 0.5) is 26.2 Å². The summed E-state index contributed by atoms with van der Waals surface area (Å²) in [6, 6.07) is 15.5. The van der Waals surface area contributed by atoms with E-state index in [0.29, 0.717) is 41.4 Å². The van der Waals surface area contributed by atoms with Crippen molar-refractivity contribution < 1.29 is 38.0 Å². The number of carbonyl (C=O) groups excluding carboxylic acids is 2. The van der Waals surface area contributed by atoms with E-state index < -0.39 is 29.9 Å². The fourth-order valence-electron chi connectivity index (χ4n) is 4.07. The highest BCUT2D eigenvalue weighted by molar-refractivity contribution is 6.01. The number of phenolic OH excluding ortho intramolecular Hbond substituents is 1. The van der Waals surface area contributed by atoms with Crippen LogP contribution in [0.3, 0.4) is 0 Å². The van der Waals surface area contributed by atoms with Crippen LogP contribution in [0, 0.1) is 5.82 Å². The number of nitrogens with one attached hydrogen (secondary N) is 2. The average molecular weight is 552 g/mol. The molecule has 210 valence electrons. The number of fused-ring (bicyclic) bond motifs is 1. The summed E-state index contributed by atoms with van der Waals surface area (Å²) in [7, 11) is 0. The number of ether oxygens (including phenoxy) is 4. The predicted octanol–water partition coefficient (Wildman–Crippen LogP) is 5.51. The molecule has 0 saturated carbocycles. The summed E-state index contributed by atoms with van der Waals surface area (Å²) in [4.78, 5) is 25.2. The molecule has 3 aromatic rings. The molecule has 0 bridgehead atoms. The van der Waals surface area contributed by atoms with E-state index in [4.69, 9.17) is 24.7 Å². The summed E-state index contributed by atoms with van der Waals surface area (Å²) in [6.07, 6.45) is 1.20. The van der Waals surface area contributed by atoms with E-state index in [1.165, 1.54) is 18.2 Å². The standard InChI is InChI=1S/C29H30FN3O7/c1-2-37-25(9-5-6-10-27(35)33-22-8-4-3-7-21(22)31)28(18-11-13-23(34)20(30)15-18)40-29(36)32-19-12-14-24-26(16-19)39-17-38-24/h3-4,6-8,10-16,25,28,34H,2,5,9,17,31H2,1H3,(H,32,36)(H,33,35)/b10-6+/t25-,28-/m1/s1. The number of benzene rings is 3. The van der Waals surface area contributed by atoms with Gasteiger partial charge in [0.05, 0.1) is 17.5 Å². The van der Waals surface area contributed by atoms with Gasteiger partial charge in [-0.3, -0.25) is 10.1 Å². The minimum Gasteiger partial charge on any atom is -0.505 e. The molecule has 11 heteroatoms. The molecule has 5 N–H and O–H groups in total. The highest BCUT2D eigenvalue weighted by Gasteiger charge is 2.28. The number of para-hydroxylation sites is 2. The molecule has 3 aromatic carbocycles. The summed E-state index contributed by atoms with van der Waals surface area (Å²) in [5, 5.41) is 15.0. The molecule has 0 unspecified atom stereocenters. The van der Waals surface area contributed by atoms with Crippen LogP contribution in [-0.4, -0.2) is 36.6 Å². The first kappa shape index (κ1) is 28.2. The Balaban J connectivity index is 1.45. The van der Waals surface area contributed by atoms with Crippen LogP contribution in [0.5, 0.6) is 17.2 Å². The number of anilines is 3. The first-order chi connectivity index (χ1) is 19.3. The second-order valence-electron chi connectivity index (χ2n) is 8.78. The van der Waals surface area contributed by atoms with Gasteiger partial charge < -0.3 is 35.1 Å². The fraction of sp³-hybridized carbons (Fsp3) is 0.241. The van der Waals surface area contributed by atoms with E-state index in [1.807, 2.05) is 0 Å². The number of rotatable bonds is 11. The van der Waals surface area contributed by atoms with Crippen LogP contribution in [0.2, 0.25) is 0 Å². The van der Waals surface area contributed by atoms with Crippen molar-refractivity contribution in [2.45, 2.75) is 32.0 Å². The van der Waals surface area contributed by atoms with E-state index in [-0.39, 0.29) is 24.9 Å². The van der Waals surface area contributed by atoms with Gasteiger partial charge in [0.1, 0.15) is 0 Å². The number of phenols is 1. The number of hydrogen-bond acceptors (Lipinski definition) is 8. The number of aromatic hydroxyl groups is 1. The monoisotopic (exact) mass is 551 g/mol. The smallest absolute Gasteiger partial charge is 0.412 e. The molecule has 4 rings (SSSR count). The van der Waals surface area contributed by atoms with Gasteiger partial charge in [-0.2, -0.15) is 0 Å². The molecule has 1 aliphatic heterocycles. The lowest BCUT2D eigenvalue weighted by Gasteiger charge is -2.27. The molecular weight excluding hydrogens is 521 g/mol. The van der Waals surface area contributed by atoms with Gasteiger partial charge >= 0.3 is 6.09 Å². The second-order valence-corrected chi connectivity index (χ2v) is 8.78. The zero-order valence-electron chi connectivity index (χ0n) is 21.8. The van der Waals surface area contributed by atoms with Crippen LogP contribution in [0.25, 0.3) is 0 Å². The Kier molecular flexibility index (Phi) is 9.42. The van der Waals surface area contributed by atoms with E-state index in [9.17, 15) is 19.1 Å². The third-order valence-electron chi connectivity index (χ3n) is 5.98. The van der Waals surface area contributed by atoms with Crippen molar-refractivity contribution in [2.75, 3.05) is 29.8 Å². The van der Waals surface area contributed by atoms with E-state index in [1.54, 1.807) is 55.5 Å². The maximum atomic E-state index is 14.3. The van der Waals surface area contributed by atoms with Gasteiger partial charge in [-0.15, -0.1) is 0 Å². The molecular formula is C29H30FN3O7. The Morgan fingerprint density at radius 3 is 2.67 bits per heavy atom. The van der Waals surface area contributed by atoms with Crippen LogP contribution >= 0.6 is 0 Å². The van der Waals surface area contributed by atoms with Crippen LogP contribution < -0.4 is 25.8 Å². The van der Waals surface area contributed by atoms with Crippen molar-refractivity contribution in [3.05, 3.63) is 84.2 Å². The normalized spacial score (nSPS) is 13.6. The van der Waals surface area contributed by atoms with Gasteiger partial charge in [0.25, 0.3) is 0 Å². The molecule has 40 heavy (non-hydrogen) atoms. The van der Waals surface area contributed by atoms with Crippen molar-refractivity contribution in [1.82, 2.24) is 0 Å². The highest BCUT2D eigenvalue weighted by atomic mass is 19.1. The number of allylic oxidation sites excluding steroid dienone is 1. The Morgan fingerprint density at radius 1 is 1.10 bits per heavy atom. The number of amides is 2. The third kappa shape index (κ3) is 7.41. The van der Waals surface area contributed by atoms with Gasteiger partial charge in [0.15, 0.2) is 29.2 Å². The summed E-state index contributed by atoms with van der Waals surface area (Å²) in [5.41, 5.74) is 7.50. The number of hydrogen-bond donors (Lipinski definition) is 4. The van der Waals surface area contributed by atoms with Gasteiger partial charge in [-0.1, -0.05) is 24.3 Å². The zero-order chi connectivity index (χ0) is 28.5. The molecule has 0 saturated heterocycles. The quantitative estimate of drug-likeness (QED) is 0.181. The topological polar surface area (TPSA) is 141 Å². The van der Waals surface area contributed by atoms with E-state index in [2.05, 4.69) is 10.6 Å². The number of nitrogen functional groups attached to an aromatic ring is 1. The number of halogens is 1. The molecule has 0 aliphatic carbocycles. The Labute approximate surface area is 230 Å². The first-order valence-electron chi connectivity index (χ1n) is 12.6. The SMILES string of the molecule is CCO[C@H](CC/C=C/C(=O)Nc1ccccc1N)[C@H](OC(=O)Nc1ccc2c(c1)OCO2)c1ccc(O)c(F)c1. The largest absolute Gasteiger partial charge is 0.505 e. The molecule has 0 fully saturated rings. The maximum Gasteiger partial charge on any atom is 0.412 e. The lowest BCUT2D eigenvalue weighted by Crippen LogP contribution is -2.29. The van der Waals surface area contributed by atoms with Crippen molar-refractivity contribution >= 4 is 29.1 Å². The van der Waals surface area contributed by atoms with Gasteiger partial charge in [0, 0.05) is 18.4 Å². The van der Waals surface area contributed by atoms with Crippen LogP contribution in [-0.2, 0) is 14.3 Å². The molecule has 0 spiro atoms. The summed E-state index contributed by atoms with van der Waals surface area (Å²) in [5.74, 6) is -0.723. The Bertz CT molecular complexity index is 1380. The molecule has 10 nitrogen and oxygen atoms in total. The lowest BCUT2D eigenvalue weighted by molar-refractivity contribution is -0.111. The van der Waals surface area contributed by atoms with Crippen molar-refractivity contribution in [2.24, 2.45) is 0 Å². The van der Waals surface area contributed by atoms with Gasteiger partial charge in [0.2, 0.25) is 12.7 Å². The molecule has 0 radical (unpaired) electrons. The Morgan fingerprint density at radius 2 is 1.90 bits per heavy atom. The molecule has 2 atom stereocenters.